The average Bonchev–Trinajstić information content (AvgIpc) is 2.22. The first-order valence-electron chi connectivity index (χ1n) is 5.04. The predicted molar refractivity (Wildman–Crippen MR) is 61.9 cm³/mol. The molecule has 1 aromatic carbocycles. The molecule has 0 unspecified atom stereocenters. The first-order chi connectivity index (χ1) is 7.58. The van der Waals surface area contributed by atoms with E-state index >= 15 is 0 Å². The Morgan fingerprint density at radius 2 is 1.88 bits per heavy atom. The van der Waals surface area contributed by atoms with Crippen LogP contribution in [0.1, 0.15) is 11.1 Å². The Morgan fingerprint density at radius 3 is 2.50 bits per heavy atom. The summed E-state index contributed by atoms with van der Waals surface area (Å²) in [7, 11) is 0. The molecular weight excluding hydrogens is 205 g/mol. The van der Waals surface area contributed by atoms with Crippen LogP contribution in [0.5, 0.6) is 0 Å². The van der Waals surface area contributed by atoms with Gasteiger partial charge in [-0.25, -0.2) is 4.39 Å². The number of hydrogen-bond acceptors (Lipinski definition) is 1. The molecule has 0 aliphatic heterocycles. The number of aryl methyl sites for hydroxylation is 2. The molecule has 0 bridgehead atoms. The number of aromatic nitrogens is 1. The molecule has 0 aliphatic rings. The predicted octanol–water partition coefficient (Wildman–Crippen LogP) is 2.80. The van der Waals surface area contributed by atoms with Gasteiger partial charge in [0, 0.05) is 11.8 Å². The largest absolute Gasteiger partial charge is 0.328 e. The standard InChI is InChI=1S/C13H12FNO/c1-8-6-11(14)3-4-12(8)10-5-9(2)13(16)15-7-10/h3-7H,1-2H3,(H,15,16). The van der Waals surface area contributed by atoms with Crippen molar-refractivity contribution < 1.29 is 4.39 Å². The van der Waals surface area contributed by atoms with E-state index in [2.05, 4.69) is 4.98 Å². The van der Waals surface area contributed by atoms with Gasteiger partial charge in [-0.15, -0.1) is 0 Å². The third kappa shape index (κ3) is 1.89. The molecule has 0 saturated heterocycles. The van der Waals surface area contributed by atoms with E-state index in [-0.39, 0.29) is 11.4 Å². The first-order valence-corrected chi connectivity index (χ1v) is 5.04. The van der Waals surface area contributed by atoms with Crippen molar-refractivity contribution in [1.29, 1.82) is 0 Å². The fourth-order valence-electron chi connectivity index (χ4n) is 1.70. The summed E-state index contributed by atoms with van der Waals surface area (Å²) in [5.41, 5.74) is 3.24. The van der Waals surface area contributed by atoms with E-state index < -0.39 is 0 Å². The van der Waals surface area contributed by atoms with Crippen molar-refractivity contribution in [2.24, 2.45) is 0 Å². The molecule has 0 spiro atoms. The molecule has 1 N–H and O–H groups in total. The van der Waals surface area contributed by atoms with E-state index in [0.29, 0.717) is 5.56 Å². The Morgan fingerprint density at radius 1 is 1.12 bits per heavy atom. The van der Waals surface area contributed by atoms with Crippen LogP contribution in [0.3, 0.4) is 0 Å². The highest BCUT2D eigenvalue weighted by molar-refractivity contribution is 5.66. The summed E-state index contributed by atoms with van der Waals surface area (Å²) in [5, 5.41) is 0. The van der Waals surface area contributed by atoms with Crippen LogP contribution in [0.2, 0.25) is 0 Å². The second-order valence-electron chi connectivity index (χ2n) is 3.86. The van der Waals surface area contributed by atoms with Crippen LogP contribution in [0, 0.1) is 19.7 Å². The molecule has 0 fully saturated rings. The minimum atomic E-state index is -0.248. The van der Waals surface area contributed by atoms with E-state index in [1.807, 2.05) is 6.92 Å². The number of H-pyrrole nitrogens is 1. The average molecular weight is 217 g/mol. The molecule has 82 valence electrons. The Kier molecular flexibility index (Phi) is 2.60. The molecule has 0 amide bonds. The lowest BCUT2D eigenvalue weighted by Crippen LogP contribution is -2.08. The lowest BCUT2D eigenvalue weighted by Gasteiger charge is -2.06. The fraction of sp³-hybridized carbons (Fsp3) is 0.154. The zero-order valence-electron chi connectivity index (χ0n) is 9.17. The normalized spacial score (nSPS) is 10.4. The smallest absolute Gasteiger partial charge is 0.250 e. The van der Waals surface area contributed by atoms with Gasteiger partial charge in [0.1, 0.15) is 5.82 Å². The summed E-state index contributed by atoms with van der Waals surface area (Å²) >= 11 is 0. The first kappa shape index (κ1) is 10.6. The van der Waals surface area contributed by atoms with Crippen molar-refractivity contribution in [3.63, 3.8) is 0 Å². The van der Waals surface area contributed by atoms with Crippen molar-refractivity contribution in [3.8, 4) is 11.1 Å². The Hall–Kier alpha value is -1.90. The van der Waals surface area contributed by atoms with Crippen molar-refractivity contribution in [2.45, 2.75) is 13.8 Å². The topological polar surface area (TPSA) is 32.9 Å². The number of pyridine rings is 1. The Bertz CT molecular complexity index is 587. The van der Waals surface area contributed by atoms with Crippen molar-refractivity contribution in [2.75, 3.05) is 0 Å². The van der Waals surface area contributed by atoms with Gasteiger partial charge in [0.25, 0.3) is 5.56 Å². The van der Waals surface area contributed by atoms with Gasteiger partial charge in [-0.2, -0.15) is 0 Å². The van der Waals surface area contributed by atoms with Gasteiger partial charge in [0.15, 0.2) is 0 Å². The maximum atomic E-state index is 12.9. The molecule has 1 aromatic heterocycles. The van der Waals surface area contributed by atoms with Crippen LogP contribution < -0.4 is 5.56 Å². The quantitative estimate of drug-likeness (QED) is 0.782. The number of nitrogens with one attached hydrogen (secondary N) is 1. The summed E-state index contributed by atoms with van der Waals surface area (Å²) in [6.45, 7) is 3.60. The molecule has 0 aliphatic carbocycles. The molecular formula is C13H12FNO. The second kappa shape index (κ2) is 3.93. The van der Waals surface area contributed by atoms with Crippen LogP contribution in [-0.2, 0) is 0 Å². The third-order valence-corrected chi connectivity index (χ3v) is 2.59. The van der Waals surface area contributed by atoms with Gasteiger partial charge in [0.05, 0.1) is 0 Å². The zero-order chi connectivity index (χ0) is 11.7. The van der Waals surface area contributed by atoms with Crippen LogP contribution >= 0.6 is 0 Å². The van der Waals surface area contributed by atoms with Gasteiger partial charge in [-0.1, -0.05) is 6.07 Å². The molecule has 0 saturated carbocycles. The Balaban J connectivity index is 2.59. The summed E-state index contributed by atoms with van der Waals surface area (Å²) < 4.78 is 12.9. The van der Waals surface area contributed by atoms with Crippen molar-refractivity contribution in [3.05, 3.63) is 57.8 Å². The summed E-state index contributed by atoms with van der Waals surface area (Å²) in [4.78, 5) is 13.9. The number of aromatic amines is 1. The van der Waals surface area contributed by atoms with Gasteiger partial charge in [0.2, 0.25) is 0 Å². The zero-order valence-corrected chi connectivity index (χ0v) is 9.17. The molecule has 2 aromatic rings. The number of rotatable bonds is 1. The van der Waals surface area contributed by atoms with Gasteiger partial charge in [-0.05, 0) is 48.7 Å². The third-order valence-electron chi connectivity index (χ3n) is 2.59. The molecule has 2 rings (SSSR count). The van der Waals surface area contributed by atoms with Crippen LogP contribution in [0.25, 0.3) is 11.1 Å². The Labute approximate surface area is 92.8 Å². The number of hydrogen-bond donors (Lipinski definition) is 1. The van der Waals surface area contributed by atoms with Gasteiger partial charge < -0.3 is 4.98 Å². The van der Waals surface area contributed by atoms with Crippen LogP contribution in [0.4, 0.5) is 4.39 Å². The van der Waals surface area contributed by atoms with Crippen LogP contribution in [-0.4, -0.2) is 4.98 Å². The highest BCUT2D eigenvalue weighted by atomic mass is 19.1. The SMILES string of the molecule is Cc1cc(F)ccc1-c1c[nH]c(=O)c(C)c1. The molecule has 3 heteroatoms. The number of halogens is 1. The van der Waals surface area contributed by atoms with Crippen LogP contribution in [0.15, 0.2) is 35.3 Å². The molecule has 1 heterocycles. The maximum Gasteiger partial charge on any atom is 0.250 e. The highest BCUT2D eigenvalue weighted by Crippen LogP contribution is 2.23. The lowest BCUT2D eigenvalue weighted by atomic mass is 10.0. The van der Waals surface area contributed by atoms with E-state index in [1.165, 1.54) is 12.1 Å². The second-order valence-corrected chi connectivity index (χ2v) is 3.86. The molecule has 2 nitrogen and oxygen atoms in total. The lowest BCUT2D eigenvalue weighted by molar-refractivity contribution is 0.627. The molecule has 0 radical (unpaired) electrons. The summed E-state index contributed by atoms with van der Waals surface area (Å²) in [6.07, 6.45) is 1.65. The van der Waals surface area contributed by atoms with E-state index in [0.717, 1.165) is 16.7 Å². The van der Waals surface area contributed by atoms with E-state index in [4.69, 9.17) is 0 Å². The molecule has 0 atom stereocenters. The highest BCUT2D eigenvalue weighted by Gasteiger charge is 2.04. The monoisotopic (exact) mass is 217 g/mol. The van der Waals surface area contributed by atoms with Gasteiger partial charge >= 0.3 is 0 Å². The van der Waals surface area contributed by atoms with Gasteiger partial charge in [-0.3, -0.25) is 4.79 Å². The maximum absolute atomic E-state index is 12.9. The number of benzene rings is 1. The summed E-state index contributed by atoms with van der Waals surface area (Å²) in [6, 6.07) is 6.43. The minimum absolute atomic E-state index is 0.0940. The van der Waals surface area contributed by atoms with E-state index in [1.54, 1.807) is 25.3 Å². The minimum Gasteiger partial charge on any atom is -0.328 e. The van der Waals surface area contributed by atoms with Crippen molar-refractivity contribution in [1.82, 2.24) is 4.98 Å². The summed E-state index contributed by atoms with van der Waals surface area (Å²) in [5.74, 6) is -0.248. The fourth-order valence-corrected chi connectivity index (χ4v) is 1.70. The van der Waals surface area contributed by atoms with E-state index in [9.17, 15) is 9.18 Å². The molecule has 16 heavy (non-hydrogen) atoms. The van der Waals surface area contributed by atoms with Crippen molar-refractivity contribution >= 4 is 0 Å².